The van der Waals surface area contributed by atoms with Crippen molar-refractivity contribution < 1.29 is 32.2 Å². The van der Waals surface area contributed by atoms with Crippen LogP contribution in [0.2, 0.25) is 0 Å². The van der Waals surface area contributed by atoms with E-state index in [2.05, 4.69) is 16.9 Å². The maximum atomic E-state index is 12.9. The number of amides is 2. The topological polar surface area (TPSA) is 107 Å². The minimum absolute atomic E-state index is 0.00451. The van der Waals surface area contributed by atoms with Gasteiger partial charge in [0, 0.05) is 19.1 Å². The molecule has 8 nitrogen and oxygen atoms in total. The highest BCUT2D eigenvalue weighted by Gasteiger charge is 2.30. The van der Waals surface area contributed by atoms with Crippen LogP contribution in [0.5, 0.6) is 23.1 Å². The van der Waals surface area contributed by atoms with Gasteiger partial charge in [-0.3, -0.25) is 9.59 Å². The summed E-state index contributed by atoms with van der Waals surface area (Å²) < 4.78 is 50.1. The largest absolute Gasteiger partial charge is 0.457 e. The van der Waals surface area contributed by atoms with E-state index in [0.717, 1.165) is 12.1 Å². The zero-order chi connectivity index (χ0) is 26.6. The van der Waals surface area contributed by atoms with Crippen molar-refractivity contribution in [3.63, 3.8) is 0 Å². The third-order valence-corrected chi connectivity index (χ3v) is 5.59. The molecule has 3 aromatic rings. The van der Waals surface area contributed by atoms with E-state index in [9.17, 15) is 22.8 Å². The van der Waals surface area contributed by atoms with Crippen LogP contribution >= 0.6 is 0 Å². The second-order valence-corrected chi connectivity index (χ2v) is 8.23. The molecule has 0 bridgehead atoms. The molecule has 1 aliphatic rings. The summed E-state index contributed by atoms with van der Waals surface area (Å²) in [7, 11) is 0. The van der Waals surface area contributed by atoms with Gasteiger partial charge in [0.15, 0.2) is 0 Å². The predicted octanol–water partition coefficient (Wildman–Crippen LogP) is 4.66. The number of primary amides is 1. The Labute approximate surface area is 210 Å². The Bertz CT molecular complexity index is 1310. The first-order chi connectivity index (χ1) is 17.6. The van der Waals surface area contributed by atoms with Crippen LogP contribution in [-0.2, 0) is 11.0 Å². The van der Waals surface area contributed by atoms with Crippen LogP contribution in [0.1, 0.15) is 22.3 Å². The van der Waals surface area contributed by atoms with Gasteiger partial charge in [0.1, 0.15) is 28.6 Å². The van der Waals surface area contributed by atoms with E-state index in [1.54, 1.807) is 6.07 Å². The van der Waals surface area contributed by atoms with Crippen molar-refractivity contribution >= 4 is 17.6 Å². The molecular formula is C26H23F3N4O4. The molecule has 2 amide bonds. The number of nitrogens with zero attached hydrogens (tertiary/aromatic N) is 2. The second-order valence-electron chi connectivity index (χ2n) is 8.23. The minimum Gasteiger partial charge on any atom is -0.457 e. The van der Waals surface area contributed by atoms with Crippen molar-refractivity contribution in [3.8, 4) is 23.1 Å². The standard InChI is InChI=1S/C26H23F3N4O4/c1-2-23(34)31-17-12-13-33(15-17)22-11-10-21(24(30)35)25(32-22)37-19-8-6-18(7-9-19)36-20-5-3-4-16(14-20)26(27,28)29/h2-11,14,17H,1,12-13,15H2,(H2,30,35)(H,31,34)/t17-/m0/s1. The number of benzene rings is 2. The number of pyridine rings is 1. The van der Waals surface area contributed by atoms with Crippen molar-refractivity contribution in [2.24, 2.45) is 5.73 Å². The molecule has 0 radical (unpaired) electrons. The zero-order valence-corrected chi connectivity index (χ0v) is 19.5. The fourth-order valence-electron chi connectivity index (χ4n) is 3.78. The van der Waals surface area contributed by atoms with Crippen molar-refractivity contribution in [1.29, 1.82) is 0 Å². The molecule has 1 aliphatic heterocycles. The summed E-state index contributed by atoms with van der Waals surface area (Å²) in [5.74, 6) is 0.177. The van der Waals surface area contributed by atoms with Gasteiger partial charge in [-0.15, -0.1) is 0 Å². The average molecular weight is 512 g/mol. The van der Waals surface area contributed by atoms with E-state index >= 15 is 0 Å². The zero-order valence-electron chi connectivity index (χ0n) is 19.5. The Kier molecular flexibility index (Phi) is 7.32. The molecule has 192 valence electrons. The third-order valence-electron chi connectivity index (χ3n) is 5.59. The van der Waals surface area contributed by atoms with Crippen molar-refractivity contribution in [3.05, 3.63) is 84.4 Å². The van der Waals surface area contributed by atoms with Gasteiger partial charge in [-0.2, -0.15) is 18.2 Å². The van der Waals surface area contributed by atoms with Gasteiger partial charge in [-0.1, -0.05) is 12.6 Å². The summed E-state index contributed by atoms with van der Waals surface area (Å²) in [5.41, 5.74) is 4.74. The lowest BCUT2D eigenvalue weighted by Gasteiger charge is -2.19. The van der Waals surface area contributed by atoms with Crippen molar-refractivity contribution in [1.82, 2.24) is 10.3 Å². The first kappa shape index (κ1) is 25.5. The highest BCUT2D eigenvalue weighted by atomic mass is 19.4. The maximum Gasteiger partial charge on any atom is 0.416 e. The lowest BCUT2D eigenvalue weighted by Crippen LogP contribution is -2.36. The Morgan fingerprint density at radius 1 is 1.05 bits per heavy atom. The fraction of sp³-hybridized carbons (Fsp3) is 0.192. The number of anilines is 1. The Morgan fingerprint density at radius 3 is 2.41 bits per heavy atom. The van der Waals surface area contributed by atoms with Gasteiger partial charge in [0.05, 0.1) is 5.56 Å². The predicted molar refractivity (Wildman–Crippen MR) is 130 cm³/mol. The number of hydrogen-bond acceptors (Lipinski definition) is 6. The van der Waals surface area contributed by atoms with E-state index in [0.29, 0.717) is 31.1 Å². The molecule has 1 fully saturated rings. The first-order valence-corrected chi connectivity index (χ1v) is 11.2. The smallest absolute Gasteiger partial charge is 0.416 e. The fourth-order valence-corrected chi connectivity index (χ4v) is 3.78. The van der Waals surface area contributed by atoms with Gasteiger partial charge in [-0.05, 0) is 67.1 Å². The highest BCUT2D eigenvalue weighted by Crippen LogP contribution is 2.34. The van der Waals surface area contributed by atoms with Crippen LogP contribution in [0.4, 0.5) is 19.0 Å². The lowest BCUT2D eigenvalue weighted by atomic mass is 10.2. The number of carbonyl (C=O) groups excluding carboxylic acids is 2. The van der Waals surface area contributed by atoms with Gasteiger partial charge in [-0.25, -0.2) is 0 Å². The van der Waals surface area contributed by atoms with Crippen LogP contribution in [-0.4, -0.2) is 35.9 Å². The number of halogens is 3. The number of alkyl halides is 3. The van der Waals surface area contributed by atoms with Crippen LogP contribution in [0.3, 0.4) is 0 Å². The molecule has 0 spiro atoms. The van der Waals surface area contributed by atoms with Crippen LogP contribution in [0.15, 0.2) is 73.3 Å². The quantitative estimate of drug-likeness (QED) is 0.425. The van der Waals surface area contributed by atoms with E-state index in [1.807, 2.05) is 4.90 Å². The van der Waals surface area contributed by atoms with E-state index in [-0.39, 0.29) is 34.9 Å². The van der Waals surface area contributed by atoms with E-state index < -0.39 is 17.6 Å². The van der Waals surface area contributed by atoms with Crippen molar-refractivity contribution in [2.45, 2.75) is 18.6 Å². The molecule has 11 heteroatoms. The SMILES string of the molecule is C=CC(=O)N[C@H]1CCN(c2ccc(C(N)=O)c(Oc3ccc(Oc4cccc(C(F)(F)F)c4)cc3)n2)C1. The second kappa shape index (κ2) is 10.6. The third kappa shape index (κ3) is 6.37. The molecular weight excluding hydrogens is 489 g/mol. The number of hydrogen-bond donors (Lipinski definition) is 2. The molecule has 3 N–H and O–H groups in total. The van der Waals surface area contributed by atoms with Gasteiger partial charge < -0.3 is 25.4 Å². The van der Waals surface area contributed by atoms with Crippen molar-refractivity contribution in [2.75, 3.05) is 18.0 Å². The lowest BCUT2D eigenvalue weighted by molar-refractivity contribution is -0.137. The molecule has 37 heavy (non-hydrogen) atoms. The molecule has 1 aromatic heterocycles. The molecule has 1 saturated heterocycles. The maximum absolute atomic E-state index is 12.9. The normalized spacial score (nSPS) is 15.2. The van der Waals surface area contributed by atoms with Gasteiger partial charge in [0.2, 0.25) is 11.8 Å². The van der Waals surface area contributed by atoms with Crippen LogP contribution in [0, 0.1) is 0 Å². The Balaban J connectivity index is 1.48. The molecule has 2 heterocycles. The summed E-state index contributed by atoms with van der Waals surface area (Å²) in [6.45, 7) is 4.60. The molecule has 0 unspecified atom stereocenters. The number of ether oxygens (including phenoxy) is 2. The highest BCUT2D eigenvalue weighted by molar-refractivity contribution is 5.95. The Hall–Kier alpha value is -4.54. The summed E-state index contributed by atoms with van der Waals surface area (Å²) in [6, 6.07) is 13.7. The average Bonchev–Trinajstić information content (AvgIpc) is 3.33. The summed E-state index contributed by atoms with van der Waals surface area (Å²) in [4.78, 5) is 29.9. The summed E-state index contributed by atoms with van der Waals surface area (Å²) in [5, 5.41) is 2.85. The summed E-state index contributed by atoms with van der Waals surface area (Å²) in [6.07, 6.45) is -2.56. The first-order valence-electron chi connectivity index (χ1n) is 11.2. The molecule has 1 atom stereocenters. The number of rotatable bonds is 8. The Morgan fingerprint density at radius 2 is 1.76 bits per heavy atom. The number of aromatic nitrogens is 1. The van der Waals surface area contributed by atoms with Gasteiger partial charge >= 0.3 is 6.18 Å². The molecule has 0 aliphatic carbocycles. The number of nitrogens with one attached hydrogen (secondary N) is 1. The van der Waals surface area contributed by atoms with E-state index in [1.165, 1.54) is 48.5 Å². The summed E-state index contributed by atoms with van der Waals surface area (Å²) >= 11 is 0. The van der Waals surface area contributed by atoms with Crippen LogP contribution < -0.4 is 25.4 Å². The van der Waals surface area contributed by atoms with Gasteiger partial charge in [0.25, 0.3) is 5.91 Å². The molecule has 4 rings (SSSR count). The number of carbonyl (C=O) groups is 2. The van der Waals surface area contributed by atoms with Crippen LogP contribution in [0.25, 0.3) is 0 Å². The monoisotopic (exact) mass is 512 g/mol. The van der Waals surface area contributed by atoms with E-state index in [4.69, 9.17) is 15.2 Å². The molecule has 0 saturated carbocycles. The number of nitrogens with two attached hydrogens (primary N) is 1. The minimum atomic E-state index is -4.48. The molecule has 2 aromatic carbocycles.